The third-order valence-corrected chi connectivity index (χ3v) is 5.28. The van der Waals surface area contributed by atoms with Gasteiger partial charge in [0.2, 0.25) is 11.8 Å². The van der Waals surface area contributed by atoms with Crippen LogP contribution in [0.15, 0.2) is 18.2 Å². The molecule has 1 heterocycles. The van der Waals surface area contributed by atoms with Gasteiger partial charge in [-0.3, -0.25) is 20.4 Å². The van der Waals surface area contributed by atoms with Crippen molar-refractivity contribution in [1.29, 1.82) is 0 Å². The Morgan fingerprint density at radius 2 is 2.09 bits per heavy atom. The number of carbonyl (C=O) groups excluding carboxylic acids is 2. The summed E-state index contributed by atoms with van der Waals surface area (Å²) in [5, 5.41) is 0. The molecule has 1 aromatic carbocycles. The van der Waals surface area contributed by atoms with Gasteiger partial charge in [0.1, 0.15) is 0 Å². The van der Waals surface area contributed by atoms with E-state index in [2.05, 4.69) is 10.9 Å². The van der Waals surface area contributed by atoms with Crippen molar-refractivity contribution >= 4 is 21.7 Å². The fourth-order valence-electron chi connectivity index (χ4n) is 2.28. The van der Waals surface area contributed by atoms with Crippen LogP contribution in [0.3, 0.4) is 0 Å². The van der Waals surface area contributed by atoms with Gasteiger partial charge in [-0.15, -0.1) is 0 Å². The SMILES string of the molecule is COc1ccc(CC(=O)NNC(=O)[C@H]2CCS(=O)(=O)C2)cc1F. The van der Waals surface area contributed by atoms with E-state index in [0.717, 1.165) is 0 Å². The van der Waals surface area contributed by atoms with Gasteiger partial charge in [0.15, 0.2) is 21.4 Å². The summed E-state index contributed by atoms with van der Waals surface area (Å²) >= 11 is 0. The van der Waals surface area contributed by atoms with E-state index < -0.39 is 33.4 Å². The van der Waals surface area contributed by atoms with Gasteiger partial charge in [-0.25, -0.2) is 12.8 Å². The van der Waals surface area contributed by atoms with E-state index in [4.69, 9.17) is 4.74 Å². The van der Waals surface area contributed by atoms with Crippen molar-refractivity contribution in [2.24, 2.45) is 5.92 Å². The number of benzene rings is 1. The molecule has 0 aromatic heterocycles. The minimum absolute atomic E-state index is 0.0237. The second-order valence-corrected chi connectivity index (χ2v) is 7.51. The van der Waals surface area contributed by atoms with Gasteiger partial charge >= 0.3 is 0 Å². The molecule has 2 amide bonds. The van der Waals surface area contributed by atoms with Gasteiger partial charge in [-0.1, -0.05) is 6.07 Å². The Hall–Kier alpha value is -2.16. The van der Waals surface area contributed by atoms with Gasteiger partial charge in [-0.05, 0) is 24.1 Å². The Labute approximate surface area is 133 Å². The monoisotopic (exact) mass is 344 g/mol. The predicted octanol–water partition coefficient (Wildman–Crippen LogP) is -0.0411. The van der Waals surface area contributed by atoms with E-state index in [1.165, 1.54) is 25.3 Å². The summed E-state index contributed by atoms with van der Waals surface area (Å²) in [5.41, 5.74) is 4.81. The molecule has 7 nitrogen and oxygen atoms in total. The molecule has 126 valence electrons. The van der Waals surface area contributed by atoms with Crippen LogP contribution in [0.1, 0.15) is 12.0 Å². The van der Waals surface area contributed by atoms with Crippen LogP contribution in [0.4, 0.5) is 4.39 Å². The van der Waals surface area contributed by atoms with E-state index in [9.17, 15) is 22.4 Å². The quantitative estimate of drug-likeness (QED) is 0.746. The first kappa shape index (κ1) is 17.2. The molecule has 1 aromatic rings. The molecule has 1 fully saturated rings. The molecular weight excluding hydrogens is 327 g/mol. The molecule has 23 heavy (non-hydrogen) atoms. The molecule has 9 heteroatoms. The van der Waals surface area contributed by atoms with E-state index in [1.54, 1.807) is 0 Å². The standard InChI is InChI=1S/C14H17FN2O5S/c1-22-12-3-2-9(6-11(12)15)7-13(18)16-17-14(19)10-4-5-23(20,21)8-10/h2-3,6,10H,4-5,7-8H2,1H3,(H,16,18)(H,17,19)/t10-/m0/s1. The first-order valence-corrected chi connectivity index (χ1v) is 8.74. The lowest BCUT2D eigenvalue weighted by atomic mass is 10.1. The number of halogens is 1. The molecule has 1 aliphatic heterocycles. The van der Waals surface area contributed by atoms with Crippen molar-refractivity contribution in [3.8, 4) is 5.75 Å². The summed E-state index contributed by atoms with van der Waals surface area (Å²) in [4.78, 5) is 23.5. The molecule has 2 N–H and O–H groups in total. The highest BCUT2D eigenvalue weighted by Gasteiger charge is 2.33. The topological polar surface area (TPSA) is 102 Å². The second-order valence-electron chi connectivity index (χ2n) is 5.28. The molecule has 0 spiro atoms. The number of sulfone groups is 1. The summed E-state index contributed by atoms with van der Waals surface area (Å²) in [6.07, 6.45) is 0.109. The van der Waals surface area contributed by atoms with Crippen LogP contribution in [0.25, 0.3) is 0 Å². The first-order chi connectivity index (χ1) is 10.8. The largest absolute Gasteiger partial charge is 0.494 e. The summed E-state index contributed by atoms with van der Waals surface area (Å²) in [6.45, 7) is 0. The number of hydrogen-bond acceptors (Lipinski definition) is 5. The third-order valence-electron chi connectivity index (χ3n) is 3.51. The smallest absolute Gasteiger partial charge is 0.242 e. The molecule has 1 saturated heterocycles. The molecule has 2 rings (SSSR count). The molecular formula is C14H17FN2O5S. The van der Waals surface area contributed by atoms with Crippen molar-refractivity contribution in [2.45, 2.75) is 12.8 Å². The molecule has 1 atom stereocenters. The number of methoxy groups -OCH3 is 1. The lowest BCUT2D eigenvalue weighted by Gasteiger charge is -2.11. The zero-order valence-electron chi connectivity index (χ0n) is 12.5. The minimum Gasteiger partial charge on any atom is -0.494 e. The van der Waals surface area contributed by atoms with Crippen LogP contribution >= 0.6 is 0 Å². The number of hydrazine groups is 1. The maximum Gasteiger partial charge on any atom is 0.242 e. The number of hydrogen-bond donors (Lipinski definition) is 2. The summed E-state index contributed by atoms with van der Waals surface area (Å²) in [5.74, 6) is -2.48. The van der Waals surface area contributed by atoms with E-state index in [0.29, 0.717) is 5.56 Å². The van der Waals surface area contributed by atoms with Gasteiger partial charge < -0.3 is 4.74 Å². The van der Waals surface area contributed by atoms with E-state index in [-0.39, 0.29) is 30.1 Å². The molecule has 0 unspecified atom stereocenters. The Balaban J connectivity index is 1.83. The van der Waals surface area contributed by atoms with Crippen molar-refractivity contribution < 1.29 is 27.1 Å². The normalized spacial score (nSPS) is 19.1. The maximum absolute atomic E-state index is 13.5. The van der Waals surface area contributed by atoms with Crippen LogP contribution in [0, 0.1) is 11.7 Å². The van der Waals surface area contributed by atoms with E-state index >= 15 is 0 Å². The van der Waals surface area contributed by atoms with Crippen LogP contribution < -0.4 is 15.6 Å². The molecule has 1 aliphatic rings. The average molecular weight is 344 g/mol. The first-order valence-electron chi connectivity index (χ1n) is 6.92. The Kier molecular flexibility index (Phi) is 5.19. The summed E-state index contributed by atoms with van der Waals surface area (Å²) in [6, 6.07) is 4.11. The van der Waals surface area contributed by atoms with E-state index in [1.807, 2.05) is 0 Å². The zero-order valence-corrected chi connectivity index (χ0v) is 13.3. The van der Waals surface area contributed by atoms with Gasteiger partial charge in [-0.2, -0.15) is 0 Å². The zero-order chi connectivity index (χ0) is 17.0. The van der Waals surface area contributed by atoms with Crippen LogP contribution in [-0.4, -0.2) is 38.8 Å². The number of rotatable bonds is 4. The fraction of sp³-hybridized carbons (Fsp3) is 0.429. The fourth-order valence-corrected chi connectivity index (χ4v) is 4.03. The Bertz CT molecular complexity index is 720. The highest BCUT2D eigenvalue weighted by molar-refractivity contribution is 7.91. The number of amides is 2. The average Bonchev–Trinajstić information content (AvgIpc) is 2.85. The predicted molar refractivity (Wildman–Crippen MR) is 79.7 cm³/mol. The lowest BCUT2D eigenvalue weighted by Crippen LogP contribution is -2.45. The van der Waals surface area contributed by atoms with Crippen molar-refractivity contribution in [3.05, 3.63) is 29.6 Å². The Morgan fingerprint density at radius 3 is 2.65 bits per heavy atom. The van der Waals surface area contributed by atoms with Gasteiger partial charge in [0.25, 0.3) is 0 Å². The van der Waals surface area contributed by atoms with Gasteiger partial charge in [0.05, 0.1) is 31.0 Å². The van der Waals surface area contributed by atoms with Crippen molar-refractivity contribution in [1.82, 2.24) is 10.9 Å². The number of ether oxygens (including phenoxy) is 1. The second kappa shape index (κ2) is 6.95. The molecule has 0 saturated carbocycles. The van der Waals surface area contributed by atoms with Crippen LogP contribution in [0.5, 0.6) is 5.75 Å². The molecule has 0 radical (unpaired) electrons. The maximum atomic E-state index is 13.5. The molecule has 0 aliphatic carbocycles. The third kappa shape index (κ3) is 4.65. The highest BCUT2D eigenvalue weighted by Crippen LogP contribution is 2.19. The number of nitrogens with one attached hydrogen (secondary N) is 2. The molecule has 0 bridgehead atoms. The van der Waals surface area contributed by atoms with Crippen molar-refractivity contribution in [2.75, 3.05) is 18.6 Å². The van der Waals surface area contributed by atoms with Crippen LogP contribution in [0.2, 0.25) is 0 Å². The highest BCUT2D eigenvalue weighted by atomic mass is 32.2. The Morgan fingerprint density at radius 1 is 1.35 bits per heavy atom. The minimum atomic E-state index is -3.17. The van der Waals surface area contributed by atoms with Crippen LogP contribution in [-0.2, 0) is 25.8 Å². The summed E-state index contributed by atoms with van der Waals surface area (Å²) < 4.78 is 40.9. The summed E-state index contributed by atoms with van der Waals surface area (Å²) in [7, 11) is -1.83. The number of carbonyl (C=O) groups is 2. The van der Waals surface area contributed by atoms with Gasteiger partial charge in [0, 0.05) is 0 Å². The van der Waals surface area contributed by atoms with Crippen molar-refractivity contribution in [3.63, 3.8) is 0 Å². The lowest BCUT2D eigenvalue weighted by molar-refractivity contribution is -0.130.